The maximum atomic E-state index is 5.52. The lowest BCUT2D eigenvalue weighted by molar-refractivity contribution is 1.22. The summed E-state index contributed by atoms with van der Waals surface area (Å²) >= 11 is 5.52. The third-order valence-electron chi connectivity index (χ3n) is 0.840. The zero-order valence-electron chi connectivity index (χ0n) is 4.93. The predicted molar refractivity (Wildman–Crippen MR) is 39.6 cm³/mol. The Balaban J connectivity index is 3.17. The number of hydrogen-bond acceptors (Lipinski definition) is 3. The van der Waals surface area contributed by atoms with E-state index in [2.05, 4.69) is 9.97 Å². The summed E-state index contributed by atoms with van der Waals surface area (Å²) in [5.41, 5.74) is 6.04. The van der Waals surface area contributed by atoms with Crippen LogP contribution in [0.15, 0.2) is 6.07 Å². The Morgan fingerprint density at radius 2 is 2.22 bits per heavy atom. The highest BCUT2D eigenvalue weighted by molar-refractivity contribution is 6.34. The minimum atomic E-state index is 0.222. The fourth-order valence-corrected chi connectivity index (χ4v) is 0.797. The first kappa shape index (κ1) is 6.36. The largest absolute Gasteiger partial charge is 0.368 e. The first-order valence-corrected chi connectivity index (χ1v) is 2.83. The smallest absolute Gasteiger partial charge is 0.220 e. The molecule has 46 valence electrons. The van der Waals surface area contributed by atoms with Crippen LogP contribution < -0.4 is 11.3 Å². The van der Waals surface area contributed by atoms with Gasteiger partial charge in [0.05, 0.1) is 0 Å². The molecular formula is C4H5BClN3. The second-order valence-electron chi connectivity index (χ2n) is 1.69. The van der Waals surface area contributed by atoms with Crippen molar-refractivity contribution in [2.45, 2.75) is 0 Å². The van der Waals surface area contributed by atoms with Crippen molar-refractivity contribution < 1.29 is 0 Å². The quantitative estimate of drug-likeness (QED) is 0.371. The molecule has 0 amide bonds. The Kier molecular flexibility index (Phi) is 1.57. The summed E-state index contributed by atoms with van der Waals surface area (Å²) in [5.74, 6) is 0.222. The lowest BCUT2D eigenvalue weighted by Gasteiger charge is -1.93. The number of nitrogens with zero attached hydrogens (tertiary/aromatic N) is 2. The molecule has 0 aliphatic rings. The van der Waals surface area contributed by atoms with E-state index >= 15 is 0 Å². The Morgan fingerprint density at radius 3 is 2.67 bits per heavy atom. The number of rotatable bonds is 0. The summed E-state index contributed by atoms with van der Waals surface area (Å²) in [6, 6.07) is 1.65. The standard InChI is InChI=1S/C4H5BClN3/c5-2-1-3(6)9-4(7)8-2/h1H,5H2,(H2,7,8,9). The highest BCUT2D eigenvalue weighted by atomic mass is 35.5. The minimum Gasteiger partial charge on any atom is -0.368 e. The molecule has 0 spiro atoms. The Bertz CT molecular complexity index is 177. The van der Waals surface area contributed by atoms with Crippen LogP contribution in [0.2, 0.25) is 5.15 Å². The van der Waals surface area contributed by atoms with E-state index in [1.165, 1.54) is 0 Å². The van der Waals surface area contributed by atoms with Gasteiger partial charge in [-0.05, 0) is 6.07 Å². The molecule has 0 atom stereocenters. The van der Waals surface area contributed by atoms with Crippen molar-refractivity contribution in [3.63, 3.8) is 0 Å². The van der Waals surface area contributed by atoms with Gasteiger partial charge in [0, 0.05) is 5.59 Å². The molecule has 9 heavy (non-hydrogen) atoms. The van der Waals surface area contributed by atoms with Crippen molar-refractivity contribution in [1.82, 2.24) is 9.97 Å². The Morgan fingerprint density at radius 1 is 1.56 bits per heavy atom. The zero-order valence-corrected chi connectivity index (χ0v) is 5.68. The highest BCUT2D eigenvalue weighted by Gasteiger charge is 1.92. The lowest BCUT2D eigenvalue weighted by atomic mass is 10.1. The molecular weight excluding hydrogens is 136 g/mol. The summed E-state index contributed by atoms with van der Waals surface area (Å²) in [7, 11) is 1.81. The summed E-state index contributed by atoms with van der Waals surface area (Å²) in [5, 5.41) is 0.389. The molecule has 0 bridgehead atoms. The first-order chi connectivity index (χ1) is 4.18. The molecule has 0 radical (unpaired) electrons. The van der Waals surface area contributed by atoms with Crippen molar-refractivity contribution in [3.05, 3.63) is 11.2 Å². The third kappa shape index (κ3) is 1.57. The molecule has 5 heteroatoms. The minimum absolute atomic E-state index is 0.222. The number of nitrogens with two attached hydrogens (primary N) is 1. The highest BCUT2D eigenvalue weighted by Crippen LogP contribution is 1.99. The van der Waals surface area contributed by atoms with E-state index < -0.39 is 0 Å². The predicted octanol–water partition coefficient (Wildman–Crippen LogP) is -1.03. The molecule has 0 fully saturated rings. The first-order valence-electron chi connectivity index (χ1n) is 2.45. The molecule has 0 aliphatic heterocycles. The number of nitrogen functional groups attached to an aromatic ring is 1. The number of anilines is 1. The van der Waals surface area contributed by atoms with Crippen molar-refractivity contribution in [2.75, 3.05) is 5.73 Å². The fourth-order valence-electron chi connectivity index (χ4n) is 0.552. The van der Waals surface area contributed by atoms with Gasteiger partial charge in [-0.1, -0.05) is 11.6 Å². The van der Waals surface area contributed by atoms with Gasteiger partial charge < -0.3 is 5.73 Å². The van der Waals surface area contributed by atoms with Crippen LogP contribution in [0, 0.1) is 0 Å². The van der Waals surface area contributed by atoms with Gasteiger partial charge in [-0.25, -0.2) is 9.97 Å². The molecule has 3 nitrogen and oxygen atoms in total. The monoisotopic (exact) mass is 141 g/mol. The van der Waals surface area contributed by atoms with Gasteiger partial charge in [0.1, 0.15) is 5.15 Å². The van der Waals surface area contributed by atoms with E-state index in [-0.39, 0.29) is 5.95 Å². The topological polar surface area (TPSA) is 51.8 Å². The Hall–Kier alpha value is -0.765. The summed E-state index contributed by atoms with van der Waals surface area (Å²) in [6.07, 6.45) is 0. The van der Waals surface area contributed by atoms with Crippen LogP contribution in [0.25, 0.3) is 0 Å². The van der Waals surface area contributed by atoms with E-state index in [0.29, 0.717) is 5.15 Å². The van der Waals surface area contributed by atoms with Crippen molar-refractivity contribution >= 4 is 31.0 Å². The average molecular weight is 141 g/mol. The molecule has 0 saturated heterocycles. The summed E-state index contributed by atoms with van der Waals surface area (Å²) in [4.78, 5) is 7.48. The fraction of sp³-hybridized carbons (Fsp3) is 0. The number of halogens is 1. The van der Waals surface area contributed by atoms with Gasteiger partial charge in [-0.2, -0.15) is 0 Å². The second kappa shape index (κ2) is 2.23. The van der Waals surface area contributed by atoms with Crippen LogP contribution in [0.4, 0.5) is 5.95 Å². The van der Waals surface area contributed by atoms with E-state index in [0.717, 1.165) is 5.59 Å². The van der Waals surface area contributed by atoms with Gasteiger partial charge in [0.15, 0.2) is 7.85 Å². The van der Waals surface area contributed by atoms with Crippen LogP contribution in [0.3, 0.4) is 0 Å². The van der Waals surface area contributed by atoms with E-state index in [1.807, 2.05) is 7.85 Å². The average Bonchev–Trinajstić information content (AvgIpc) is 1.59. The lowest BCUT2D eigenvalue weighted by Crippen LogP contribution is -2.11. The number of hydrogen-bond donors (Lipinski definition) is 1. The van der Waals surface area contributed by atoms with Gasteiger partial charge in [0.2, 0.25) is 5.95 Å². The maximum Gasteiger partial charge on any atom is 0.220 e. The van der Waals surface area contributed by atoms with E-state index in [1.54, 1.807) is 6.07 Å². The summed E-state index contributed by atoms with van der Waals surface area (Å²) in [6.45, 7) is 0. The molecule has 0 unspecified atom stereocenters. The normalized spacial score (nSPS) is 9.44. The SMILES string of the molecule is Bc1cc(Cl)nc(N)n1. The van der Waals surface area contributed by atoms with Gasteiger partial charge in [-0.15, -0.1) is 0 Å². The summed E-state index contributed by atoms with van der Waals surface area (Å²) < 4.78 is 0. The molecule has 0 aliphatic carbocycles. The van der Waals surface area contributed by atoms with Crippen molar-refractivity contribution in [1.29, 1.82) is 0 Å². The van der Waals surface area contributed by atoms with Crippen molar-refractivity contribution in [3.8, 4) is 0 Å². The van der Waals surface area contributed by atoms with Crippen LogP contribution in [-0.2, 0) is 0 Å². The molecule has 1 heterocycles. The number of aromatic nitrogens is 2. The van der Waals surface area contributed by atoms with Crippen LogP contribution >= 0.6 is 11.6 Å². The third-order valence-corrected chi connectivity index (χ3v) is 1.03. The van der Waals surface area contributed by atoms with Gasteiger partial charge in [0.25, 0.3) is 0 Å². The van der Waals surface area contributed by atoms with E-state index in [9.17, 15) is 0 Å². The van der Waals surface area contributed by atoms with E-state index in [4.69, 9.17) is 17.3 Å². The zero-order chi connectivity index (χ0) is 6.85. The molecule has 1 aromatic rings. The van der Waals surface area contributed by atoms with Crippen LogP contribution in [-0.4, -0.2) is 17.8 Å². The molecule has 1 aromatic heterocycles. The second-order valence-corrected chi connectivity index (χ2v) is 2.08. The van der Waals surface area contributed by atoms with Gasteiger partial charge in [-0.3, -0.25) is 0 Å². The molecule has 2 N–H and O–H groups in total. The van der Waals surface area contributed by atoms with Gasteiger partial charge >= 0.3 is 0 Å². The van der Waals surface area contributed by atoms with Crippen molar-refractivity contribution in [2.24, 2.45) is 0 Å². The Labute approximate surface area is 58.7 Å². The molecule has 0 aromatic carbocycles. The molecule has 0 saturated carbocycles. The van der Waals surface area contributed by atoms with Crippen LogP contribution in [0.1, 0.15) is 0 Å². The van der Waals surface area contributed by atoms with Crippen LogP contribution in [0.5, 0.6) is 0 Å². The molecule has 1 rings (SSSR count). The maximum absolute atomic E-state index is 5.52.